The number of nitriles is 1. The molecule has 0 aliphatic heterocycles. The number of aryl methyl sites for hydroxylation is 1. The summed E-state index contributed by atoms with van der Waals surface area (Å²) in [6.07, 6.45) is 1.52. The van der Waals surface area contributed by atoms with E-state index in [9.17, 15) is 14.9 Å². The number of hydrogen-bond donors (Lipinski definition) is 1. The lowest BCUT2D eigenvalue weighted by atomic mass is 9.85. The van der Waals surface area contributed by atoms with Gasteiger partial charge in [0.1, 0.15) is 12.4 Å². The van der Waals surface area contributed by atoms with E-state index in [1.165, 1.54) is 6.20 Å². The number of hydrogen-bond acceptors (Lipinski definition) is 5. The number of nitrogens with zero attached hydrogens (tertiary/aromatic N) is 3. The van der Waals surface area contributed by atoms with Crippen molar-refractivity contribution in [3.63, 3.8) is 0 Å². The predicted molar refractivity (Wildman–Crippen MR) is 177 cm³/mol. The van der Waals surface area contributed by atoms with Gasteiger partial charge in [0.15, 0.2) is 0 Å². The van der Waals surface area contributed by atoms with Gasteiger partial charge in [-0.15, -0.1) is 0 Å². The number of benzene rings is 4. The minimum absolute atomic E-state index is 0.250. The van der Waals surface area contributed by atoms with Crippen molar-refractivity contribution in [3.05, 3.63) is 149 Å². The van der Waals surface area contributed by atoms with Crippen LogP contribution in [0, 0.1) is 18.3 Å². The number of para-hydroxylation sites is 1. The predicted octanol–water partition coefficient (Wildman–Crippen LogP) is 8.37. The van der Waals surface area contributed by atoms with Gasteiger partial charge in [-0.3, -0.25) is 19.5 Å². The third kappa shape index (κ3) is 7.43. The van der Waals surface area contributed by atoms with Crippen LogP contribution in [0.25, 0.3) is 0 Å². The first-order valence-corrected chi connectivity index (χ1v) is 14.6. The highest BCUT2D eigenvalue weighted by Crippen LogP contribution is 2.31. The van der Waals surface area contributed by atoms with E-state index in [1.807, 2.05) is 106 Å². The summed E-state index contributed by atoms with van der Waals surface area (Å²) in [4.78, 5) is 33.6. The number of anilines is 3. The van der Waals surface area contributed by atoms with E-state index in [0.717, 1.165) is 11.1 Å². The molecular formula is C38H34N4O3. The lowest BCUT2D eigenvalue weighted by Crippen LogP contribution is -2.27. The first-order chi connectivity index (χ1) is 21.6. The highest BCUT2D eigenvalue weighted by Gasteiger charge is 2.23. The molecule has 0 aliphatic rings. The smallest absolute Gasteiger partial charge is 0.264 e. The highest BCUT2D eigenvalue weighted by molar-refractivity contribution is 6.12. The quantitative estimate of drug-likeness (QED) is 0.195. The van der Waals surface area contributed by atoms with Gasteiger partial charge in [0.05, 0.1) is 34.8 Å². The Balaban J connectivity index is 1.42. The van der Waals surface area contributed by atoms with E-state index >= 15 is 0 Å². The van der Waals surface area contributed by atoms with Crippen LogP contribution in [0.3, 0.4) is 0 Å². The van der Waals surface area contributed by atoms with Crippen LogP contribution < -0.4 is 15.0 Å². The number of carbonyl (C=O) groups is 2. The minimum atomic E-state index is -0.396. The first-order valence-electron chi connectivity index (χ1n) is 14.6. The fourth-order valence-corrected chi connectivity index (χ4v) is 4.79. The summed E-state index contributed by atoms with van der Waals surface area (Å²) in [7, 11) is 0. The van der Waals surface area contributed by atoms with Crippen LogP contribution in [0.15, 0.2) is 115 Å². The maximum atomic E-state index is 14.2. The maximum Gasteiger partial charge on any atom is 0.264 e. The van der Waals surface area contributed by atoms with E-state index in [4.69, 9.17) is 4.74 Å². The molecule has 0 unspecified atom stereocenters. The Morgan fingerprint density at radius 1 is 0.867 bits per heavy atom. The number of ether oxygens (including phenoxy) is 1. The van der Waals surface area contributed by atoms with Crippen molar-refractivity contribution in [1.29, 1.82) is 5.26 Å². The SMILES string of the molecule is Cc1ncc(NC(=O)c2cc(C#N)cc(C(C)(C)C)c2)cc1C(=O)N(c1ccccc1)c1ccc(OCc2ccccc2)cc1. The second kappa shape index (κ2) is 13.3. The number of rotatable bonds is 8. The van der Waals surface area contributed by atoms with Crippen molar-refractivity contribution < 1.29 is 14.3 Å². The molecule has 5 aromatic rings. The van der Waals surface area contributed by atoms with Crippen LogP contribution in [0.2, 0.25) is 0 Å². The van der Waals surface area contributed by atoms with Crippen molar-refractivity contribution in [1.82, 2.24) is 4.98 Å². The normalized spacial score (nSPS) is 10.9. The largest absolute Gasteiger partial charge is 0.489 e. The fourth-order valence-electron chi connectivity index (χ4n) is 4.79. The highest BCUT2D eigenvalue weighted by atomic mass is 16.5. The third-order valence-electron chi connectivity index (χ3n) is 7.33. The van der Waals surface area contributed by atoms with Crippen LogP contribution in [0.1, 0.15) is 63.9 Å². The molecule has 1 heterocycles. The number of nitrogens with one attached hydrogen (secondary N) is 1. The lowest BCUT2D eigenvalue weighted by molar-refractivity contribution is 0.0994. The topological polar surface area (TPSA) is 95.3 Å². The summed E-state index contributed by atoms with van der Waals surface area (Å²) in [5.41, 5.74) is 4.99. The van der Waals surface area contributed by atoms with Gasteiger partial charge in [0.25, 0.3) is 11.8 Å². The molecule has 0 saturated heterocycles. The molecule has 0 fully saturated rings. The molecule has 7 nitrogen and oxygen atoms in total. The van der Waals surface area contributed by atoms with Crippen molar-refractivity contribution in [3.8, 4) is 11.8 Å². The van der Waals surface area contributed by atoms with Crippen molar-refractivity contribution in [2.24, 2.45) is 0 Å². The molecular weight excluding hydrogens is 560 g/mol. The number of pyridine rings is 1. The second-order valence-electron chi connectivity index (χ2n) is 11.7. The van der Waals surface area contributed by atoms with Gasteiger partial charge >= 0.3 is 0 Å². The minimum Gasteiger partial charge on any atom is -0.489 e. The summed E-state index contributed by atoms with van der Waals surface area (Å²) < 4.78 is 5.95. The molecule has 0 bridgehead atoms. The van der Waals surface area contributed by atoms with Crippen molar-refractivity contribution >= 4 is 28.9 Å². The Morgan fingerprint density at radius 2 is 1.51 bits per heavy atom. The molecule has 0 atom stereocenters. The molecule has 0 radical (unpaired) electrons. The molecule has 4 aromatic carbocycles. The van der Waals surface area contributed by atoms with Crippen LogP contribution >= 0.6 is 0 Å². The molecule has 5 rings (SSSR count). The van der Waals surface area contributed by atoms with Crippen LogP contribution in [-0.4, -0.2) is 16.8 Å². The van der Waals surface area contributed by atoms with E-state index in [-0.39, 0.29) is 11.3 Å². The summed E-state index contributed by atoms with van der Waals surface area (Å²) >= 11 is 0. The van der Waals surface area contributed by atoms with E-state index < -0.39 is 5.91 Å². The summed E-state index contributed by atoms with van der Waals surface area (Å²) in [6.45, 7) is 8.27. The van der Waals surface area contributed by atoms with Crippen LogP contribution in [-0.2, 0) is 12.0 Å². The average Bonchev–Trinajstić information content (AvgIpc) is 3.05. The first kappa shape index (κ1) is 30.7. The molecule has 1 N–H and O–H groups in total. The standard InChI is InChI=1S/C38H34N4O3/c1-26-35(22-31(24-40-26)41-36(43)29-19-28(23-39)20-30(21-29)38(2,3)4)37(44)42(32-13-9-6-10-14-32)33-15-17-34(18-16-33)45-25-27-11-7-5-8-12-27/h5-22,24H,25H2,1-4H3,(H,41,43). The van der Waals surface area contributed by atoms with Gasteiger partial charge in [-0.25, -0.2) is 0 Å². The molecule has 0 saturated carbocycles. The average molecular weight is 595 g/mol. The maximum absolute atomic E-state index is 14.2. The van der Waals surface area contributed by atoms with Gasteiger partial charge in [0, 0.05) is 16.9 Å². The zero-order valence-corrected chi connectivity index (χ0v) is 25.7. The zero-order valence-electron chi connectivity index (χ0n) is 25.7. The fraction of sp³-hybridized carbons (Fsp3) is 0.158. The molecule has 7 heteroatoms. The van der Waals surface area contributed by atoms with E-state index in [2.05, 4.69) is 16.4 Å². The molecule has 45 heavy (non-hydrogen) atoms. The van der Waals surface area contributed by atoms with Gasteiger partial charge < -0.3 is 10.1 Å². The lowest BCUT2D eigenvalue weighted by Gasteiger charge is -2.24. The van der Waals surface area contributed by atoms with Crippen LogP contribution in [0.5, 0.6) is 5.75 Å². The Bertz CT molecular complexity index is 1860. The van der Waals surface area contributed by atoms with Gasteiger partial charge in [-0.2, -0.15) is 5.26 Å². The summed E-state index contributed by atoms with van der Waals surface area (Å²) in [5, 5.41) is 12.4. The zero-order chi connectivity index (χ0) is 32.0. The number of carbonyl (C=O) groups excluding carboxylic acids is 2. The molecule has 0 aliphatic carbocycles. The molecule has 224 valence electrons. The summed E-state index contributed by atoms with van der Waals surface area (Å²) in [5.74, 6) is -0.0184. The Hall–Kier alpha value is -5.74. The summed E-state index contributed by atoms with van der Waals surface area (Å²) in [6, 6.07) is 35.5. The van der Waals surface area contributed by atoms with E-state index in [0.29, 0.717) is 51.8 Å². The Kier molecular flexibility index (Phi) is 9.06. The van der Waals surface area contributed by atoms with Crippen molar-refractivity contribution in [2.45, 2.75) is 39.7 Å². The second-order valence-corrected chi connectivity index (χ2v) is 11.7. The molecule has 0 spiro atoms. The number of amides is 2. The third-order valence-corrected chi connectivity index (χ3v) is 7.33. The number of aromatic nitrogens is 1. The molecule has 1 aromatic heterocycles. The van der Waals surface area contributed by atoms with Crippen molar-refractivity contribution in [2.75, 3.05) is 10.2 Å². The van der Waals surface area contributed by atoms with E-state index in [1.54, 1.807) is 36.1 Å². The Labute approximate surface area is 263 Å². The monoisotopic (exact) mass is 594 g/mol. The van der Waals surface area contributed by atoms with Crippen LogP contribution in [0.4, 0.5) is 17.1 Å². The van der Waals surface area contributed by atoms with Gasteiger partial charge in [0.2, 0.25) is 0 Å². The van der Waals surface area contributed by atoms with Gasteiger partial charge in [-0.05, 0) is 84.1 Å². The Morgan fingerprint density at radius 3 is 2.16 bits per heavy atom. The molecule has 2 amide bonds. The van der Waals surface area contributed by atoms with Gasteiger partial charge in [-0.1, -0.05) is 69.3 Å².